The predicted octanol–water partition coefficient (Wildman–Crippen LogP) is 2.55. The predicted molar refractivity (Wildman–Crippen MR) is 105 cm³/mol. The van der Waals surface area contributed by atoms with Crippen molar-refractivity contribution in [2.45, 2.75) is 19.5 Å². The minimum Gasteiger partial charge on any atom is -0.351 e. The van der Waals surface area contributed by atoms with E-state index >= 15 is 0 Å². The molecule has 6 nitrogen and oxygen atoms in total. The molecule has 0 aliphatic carbocycles. The average molecular weight is 426 g/mol. The number of nitrogens with zero attached hydrogens (tertiary/aromatic N) is 2. The molecule has 0 aromatic heterocycles. The summed E-state index contributed by atoms with van der Waals surface area (Å²) < 4.78 is 41.2. The molecule has 0 unspecified atom stereocenters. The summed E-state index contributed by atoms with van der Waals surface area (Å²) in [5.74, 6) is -0.758. The zero-order valence-electron chi connectivity index (χ0n) is 15.1. The second-order valence-corrected chi connectivity index (χ2v) is 8.93. The SMILES string of the molecule is O=C(CN1CCCN(Cc2cccc(Cl)c2)S1(=O)=O)NCc1ccc(F)cc1. The van der Waals surface area contributed by atoms with Crippen LogP contribution in [0.1, 0.15) is 17.5 Å². The lowest BCUT2D eigenvalue weighted by Gasteiger charge is -2.34. The van der Waals surface area contributed by atoms with Crippen molar-refractivity contribution >= 4 is 27.7 Å². The van der Waals surface area contributed by atoms with E-state index in [9.17, 15) is 17.6 Å². The molecule has 0 radical (unpaired) electrons. The van der Waals surface area contributed by atoms with E-state index in [4.69, 9.17) is 11.6 Å². The Bertz CT molecular complexity index is 938. The molecule has 1 fully saturated rings. The molecule has 0 bridgehead atoms. The number of hydrogen-bond donors (Lipinski definition) is 1. The fourth-order valence-electron chi connectivity index (χ4n) is 3.00. The van der Waals surface area contributed by atoms with Gasteiger partial charge in [-0.25, -0.2) is 4.39 Å². The molecule has 1 aliphatic rings. The summed E-state index contributed by atoms with van der Waals surface area (Å²) in [5, 5.41) is 3.22. The van der Waals surface area contributed by atoms with Gasteiger partial charge in [-0.3, -0.25) is 4.79 Å². The van der Waals surface area contributed by atoms with E-state index < -0.39 is 16.1 Å². The Morgan fingerprint density at radius 3 is 2.50 bits per heavy atom. The van der Waals surface area contributed by atoms with Crippen molar-refractivity contribution in [1.82, 2.24) is 13.9 Å². The first kappa shape index (κ1) is 20.7. The second-order valence-electron chi connectivity index (χ2n) is 6.56. The summed E-state index contributed by atoms with van der Waals surface area (Å²) in [7, 11) is -3.75. The number of nitrogens with one attached hydrogen (secondary N) is 1. The van der Waals surface area contributed by atoms with Gasteiger partial charge in [-0.05, 0) is 41.8 Å². The molecule has 1 heterocycles. The molecule has 150 valence electrons. The zero-order valence-corrected chi connectivity index (χ0v) is 16.7. The minimum absolute atomic E-state index is 0.205. The van der Waals surface area contributed by atoms with Gasteiger partial charge in [0.05, 0.1) is 6.54 Å². The van der Waals surface area contributed by atoms with Crippen molar-refractivity contribution < 1.29 is 17.6 Å². The van der Waals surface area contributed by atoms with Crippen molar-refractivity contribution in [3.8, 4) is 0 Å². The Hall–Kier alpha value is -2.00. The van der Waals surface area contributed by atoms with Gasteiger partial charge in [0.25, 0.3) is 10.2 Å². The Morgan fingerprint density at radius 2 is 1.79 bits per heavy atom. The number of carbonyl (C=O) groups excluding carboxylic acids is 1. The van der Waals surface area contributed by atoms with Crippen LogP contribution in [0.2, 0.25) is 5.02 Å². The second kappa shape index (κ2) is 9.00. The summed E-state index contributed by atoms with van der Waals surface area (Å²) in [6.07, 6.45) is 0.630. The molecule has 0 atom stereocenters. The van der Waals surface area contributed by atoms with Crippen LogP contribution in [0.15, 0.2) is 48.5 Å². The number of hydrogen-bond acceptors (Lipinski definition) is 3. The normalized spacial score (nSPS) is 17.4. The summed E-state index contributed by atoms with van der Waals surface area (Å²) in [6.45, 7) is 0.840. The zero-order chi connectivity index (χ0) is 20.1. The van der Waals surface area contributed by atoms with Gasteiger partial charge >= 0.3 is 0 Å². The molecule has 2 aromatic carbocycles. The number of carbonyl (C=O) groups is 1. The van der Waals surface area contributed by atoms with E-state index in [0.29, 0.717) is 24.5 Å². The van der Waals surface area contributed by atoms with E-state index in [1.165, 1.54) is 20.7 Å². The maximum Gasteiger partial charge on any atom is 0.282 e. The smallest absolute Gasteiger partial charge is 0.282 e. The van der Waals surface area contributed by atoms with Crippen molar-refractivity contribution in [3.05, 3.63) is 70.5 Å². The first-order valence-electron chi connectivity index (χ1n) is 8.85. The molecule has 1 saturated heterocycles. The van der Waals surface area contributed by atoms with Gasteiger partial charge in [0.1, 0.15) is 5.82 Å². The van der Waals surface area contributed by atoms with Crippen molar-refractivity contribution in [1.29, 1.82) is 0 Å². The largest absolute Gasteiger partial charge is 0.351 e. The highest BCUT2D eigenvalue weighted by atomic mass is 35.5. The summed E-state index contributed by atoms with van der Waals surface area (Å²) in [4.78, 5) is 12.2. The van der Waals surface area contributed by atoms with Gasteiger partial charge in [0.15, 0.2) is 0 Å². The molecule has 3 rings (SSSR count). The molecule has 0 saturated carbocycles. The lowest BCUT2D eigenvalue weighted by Crippen LogP contribution is -2.52. The van der Waals surface area contributed by atoms with E-state index in [-0.39, 0.29) is 25.5 Å². The first-order valence-corrected chi connectivity index (χ1v) is 10.6. The lowest BCUT2D eigenvalue weighted by molar-refractivity contribution is -0.121. The van der Waals surface area contributed by atoms with Crippen LogP contribution in [0.3, 0.4) is 0 Å². The van der Waals surface area contributed by atoms with Crippen molar-refractivity contribution in [2.24, 2.45) is 0 Å². The van der Waals surface area contributed by atoms with Crippen LogP contribution in [-0.2, 0) is 28.1 Å². The van der Waals surface area contributed by atoms with Crippen LogP contribution in [-0.4, -0.2) is 42.6 Å². The standard InChI is InChI=1S/C19H21ClFN3O3S/c20-17-4-1-3-16(11-17)13-23-9-2-10-24(28(23,26)27)14-19(25)22-12-15-5-7-18(21)8-6-15/h1,3-8,11H,2,9-10,12-14H2,(H,22,25). The molecule has 0 spiro atoms. The highest BCUT2D eigenvalue weighted by molar-refractivity contribution is 7.86. The van der Waals surface area contributed by atoms with Gasteiger partial charge in [-0.1, -0.05) is 35.9 Å². The highest BCUT2D eigenvalue weighted by Crippen LogP contribution is 2.20. The van der Waals surface area contributed by atoms with Crippen LogP contribution in [0.5, 0.6) is 0 Å². The highest BCUT2D eigenvalue weighted by Gasteiger charge is 2.34. The van der Waals surface area contributed by atoms with Gasteiger partial charge in [0.2, 0.25) is 5.91 Å². The molecule has 1 aliphatic heterocycles. The number of halogens is 2. The number of benzene rings is 2. The molecule has 1 N–H and O–H groups in total. The van der Waals surface area contributed by atoms with Crippen molar-refractivity contribution in [3.63, 3.8) is 0 Å². The third-order valence-corrected chi connectivity index (χ3v) is 6.60. The van der Waals surface area contributed by atoms with Gasteiger partial charge in [0, 0.05) is 31.2 Å². The number of amides is 1. The van der Waals surface area contributed by atoms with Gasteiger partial charge in [-0.15, -0.1) is 0 Å². The Balaban J connectivity index is 1.59. The van der Waals surface area contributed by atoms with Crippen LogP contribution in [0.25, 0.3) is 0 Å². The summed E-state index contributed by atoms with van der Waals surface area (Å²) in [6, 6.07) is 12.8. The quantitative estimate of drug-likeness (QED) is 0.773. The maximum atomic E-state index is 12.9. The molecule has 28 heavy (non-hydrogen) atoms. The minimum atomic E-state index is -3.75. The van der Waals surface area contributed by atoms with Crippen LogP contribution in [0.4, 0.5) is 4.39 Å². The third kappa shape index (κ3) is 5.29. The van der Waals surface area contributed by atoms with E-state index in [2.05, 4.69) is 5.32 Å². The molecule has 1 amide bonds. The topological polar surface area (TPSA) is 69.7 Å². The molecular weight excluding hydrogens is 405 g/mol. The third-order valence-electron chi connectivity index (χ3n) is 4.44. The van der Waals surface area contributed by atoms with E-state index in [0.717, 1.165) is 11.1 Å². The lowest BCUT2D eigenvalue weighted by atomic mass is 10.2. The molecule has 9 heteroatoms. The Morgan fingerprint density at radius 1 is 1.07 bits per heavy atom. The fraction of sp³-hybridized carbons (Fsp3) is 0.316. The van der Waals surface area contributed by atoms with Crippen LogP contribution < -0.4 is 5.32 Å². The van der Waals surface area contributed by atoms with Gasteiger partial charge in [-0.2, -0.15) is 17.0 Å². The van der Waals surface area contributed by atoms with Crippen molar-refractivity contribution in [2.75, 3.05) is 19.6 Å². The average Bonchev–Trinajstić information content (AvgIpc) is 2.65. The van der Waals surface area contributed by atoms with Crippen LogP contribution in [0, 0.1) is 5.82 Å². The van der Waals surface area contributed by atoms with Gasteiger partial charge < -0.3 is 5.32 Å². The summed E-state index contributed by atoms with van der Waals surface area (Å²) in [5.41, 5.74) is 1.53. The van der Waals surface area contributed by atoms with E-state index in [1.807, 2.05) is 6.07 Å². The molecular formula is C19H21ClFN3O3S. The summed E-state index contributed by atoms with van der Waals surface area (Å²) >= 11 is 5.97. The first-order chi connectivity index (χ1) is 13.3. The number of rotatable bonds is 6. The Kier molecular flexibility index (Phi) is 6.66. The maximum absolute atomic E-state index is 12.9. The Labute approximate surface area is 169 Å². The fourth-order valence-corrected chi connectivity index (χ4v) is 4.85. The molecule has 2 aromatic rings. The van der Waals surface area contributed by atoms with Crippen LogP contribution >= 0.6 is 11.6 Å². The monoisotopic (exact) mass is 425 g/mol. The van der Waals surface area contributed by atoms with E-state index in [1.54, 1.807) is 30.3 Å².